The summed E-state index contributed by atoms with van der Waals surface area (Å²) in [6, 6.07) is 16.4. The van der Waals surface area contributed by atoms with E-state index in [4.69, 9.17) is 0 Å². The van der Waals surface area contributed by atoms with Crippen LogP contribution in [0.4, 0.5) is 4.79 Å². The Labute approximate surface area is 246 Å². The molecule has 222 valence electrons. The lowest BCUT2D eigenvalue weighted by Crippen LogP contribution is -2.58. The average molecular weight is 561 g/mol. The highest BCUT2D eigenvalue weighted by Crippen LogP contribution is 2.14. The molecule has 7 heteroatoms. The van der Waals surface area contributed by atoms with Crippen LogP contribution in [0.25, 0.3) is 12.2 Å². The van der Waals surface area contributed by atoms with Gasteiger partial charge in [-0.2, -0.15) is 0 Å². The Kier molecular flexibility index (Phi) is 12.0. The van der Waals surface area contributed by atoms with Crippen LogP contribution in [0.3, 0.4) is 0 Å². The molecule has 1 aliphatic rings. The van der Waals surface area contributed by atoms with Crippen molar-refractivity contribution >= 4 is 30.0 Å². The summed E-state index contributed by atoms with van der Waals surface area (Å²) < 4.78 is 0. The van der Waals surface area contributed by atoms with Crippen molar-refractivity contribution in [2.45, 2.75) is 90.8 Å². The molecule has 1 aliphatic heterocycles. The molecule has 2 aromatic carbocycles. The van der Waals surface area contributed by atoms with E-state index in [2.05, 4.69) is 34.2 Å². The number of nitrogens with zero attached hydrogens (tertiary/aromatic N) is 1. The fraction of sp³-hybridized carbons (Fsp3) is 0.500. The monoisotopic (exact) mass is 560 g/mol. The van der Waals surface area contributed by atoms with Crippen LogP contribution in [0.5, 0.6) is 0 Å². The molecule has 0 saturated carbocycles. The molecule has 1 heterocycles. The largest absolute Gasteiger partial charge is 0.350 e. The molecule has 0 bridgehead atoms. The van der Waals surface area contributed by atoms with Crippen LogP contribution < -0.4 is 16.0 Å². The van der Waals surface area contributed by atoms with Gasteiger partial charge in [0.1, 0.15) is 12.1 Å². The van der Waals surface area contributed by atoms with Crippen molar-refractivity contribution in [1.82, 2.24) is 20.9 Å². The molecule has 2 atom stereocenters. The summed E-state index contributed by atoms with van der Waals surface area (Å²) in [7, 11) is 0. The fourth-order valence-corrected chi connectivity index (χ4v) is 4.91. The second-order valence-corrected chi connectivity index (χ2v) is 12.5. The summed E-state index contributed by atoms with van der Waals surface area (Å²) in [6.07, 6.45) is 9.13. The number of likely N-dealkylation sites (tertiary alicyclic amines) is 1. The first-order valence-corrected chi connectivity index (χ1v) is 15.0. The quantitative estimate of drug-likeness (QED) is 0.321. The van der Waals surface area contributed by atoms with E-state index < -0.39 is 17.6 Å². The highest BCUT2D eigenvalue weighted by Gasteiger charge is 2.30. The van der Waals surface area contributed by atoms with Crippen LogP contribution in [-0.2, 0) is 16.0 Å². The van der Waals surface area contributed by atoms with E-state index in [9.17, 15) is 14.4 Å². The van der Waals surface area contributed by atoms with Crippen molar-refractivity contribution in [1.29, 1.82) is 0 Å². The SMILES string of the molecule is CC(C)CC(NC(=O)N1CCCCCC1)C(=O)NC(Cc1ccc(C=Cc2ccccc2)cc1)C(=O)NC(C)(C)C. The summed E-state index contributed by atoms with van der Waals surface area (Å²) >= 11 is 0. The first kappa shape index (κ1) is 31.9. The van der Waals surface area contributed by atoms with E-state index in [1.54, 1.807) is 0 Å². The van der Waals surface area contributed by atoms with Gasteiger partial charge in [0.15, 0.2) is 0 Å². The number of nitrogens with one attached hydrogen (secondary N) is 3. The Morgan fingerprint density at radius 3 is 1.93 bits per heavy atom. The average Bonchev–Trinajstić information content (AvgIpc) is 3.21. The van der Waals surface area contributed by atoms with Crippen LogP contribution in [0, 0.1) is 5.92 Å². The van der Waals surface area contributed by atoms with Gasteiger partial charge in [-0.1, -0.05) is 93.4 Å². The standard InChI is InChI=1S/C34H48N4O3/c1-25(2)23-29(36-33(41)38-21-11-6-7-12-22-38)31(39)35-30(32(40)37-34(3,4)5)24-28-19-17-27(18-20-28)16-15-26-13-9-8-10-14-26/h8-10,13-20,25,29-30H,6-7,11-12,21-24H2,1-5H3,(H,35,39)(H,36,41)(H,37,40). The second-order valence-electron chi connectivity index (χ2n) is 12.5. The van der Waals surface area contributed by atoms with Gasteiger partial charge in [0.25, 0.3) is 0 Å². The molecule has 0 aromatic heterocycles. The van der Waals surface area contributed by atoms with Gasteiger partial charge in [0, 0.05) is 25.0 Å². The minimum Gasteiger partial charge on any atom is -0.350 e. The first-order valence-electron chi connectivity index (χ1n) is 15.0. The van der Waals surface area contributed by atoms with Crippen molar-refractivity contribution in [3.63, 3.8) is 0 Å². The Balaban J connectivity index is 1.73. The van der Waals surface area contributed by atoms with Gasteiger partial charge in [-0.05, 0) is 62.6 Å². The summed E-state index contributed by atoms with van der Waals surface area (Å²) in [6.45, 7) is 11.2. The number of carbonyl (C=O) groups is 3. The Morgan fingerprint density at radius 1 is 0.780 bits per heavy atom. The maximum Gasteiger partial charge on any atom is 0.318 e. The van der Waals surface area contributed by atoms with Crippen molar-refractivity contribution in [2.24, 2.45) is 5.92 Å². The molecule has 41 heavy (non-hydrogen) atoms. The molecule has 2 aromatic rings. The molecule has 2 unspecified atom stereocenters. The molecule has 0 aliphatic carbocycles. The van der Waals surface area contributed by atoms with E-state index in [1.165, 1.54) is 0 Å². The highest BCUT2D eigenvalue weighted by molar-refractivity contribution is 5.92. The smallest absolute Gasteiger partial charge is 0.318 e. The molecule has 4 amide bonds. The predicted octanol–water partition coefficient (Wildman–Crippen LogP) is 5.80. The summed E-state index contributed by atoms with van der Waals surface area (Å²) in [5, 5.41) is 8.96. The van der Waals surface area contributed by atoms with Gasteiger partial charge in [-0.3, -0.25) is 9.59 Å². The third-order valence-electron chi connectivity index (χ3n) is 7.03. The molecule has 3 rings (SSSR count). The van der Waals surface area contributed by atoms with Gasteiger partial charge in [0.2, 0.25) is 11.8 Å². The van der Waals surface area contributed by atoms with Crippen molar-refractivity contribution in [2.75, 3.05) is 13.1 Å². The molecular weight excluding hydrogens is 512 g/mol. The number of carbonyl (C=O) groups excluding carboxylic acids is 3. The van der Waals surface area contributed by atoms with E-state index in [0.717, 1.165) is 42.4 Å². The van der Waals surface area contributed by atoms with Crippen LogP contribution in [0.2, 0.25) is 0 Å². The zero-order valence-electron chi connectivity index (χ0n) is 25.4. The van der Waals surface area contributed by atoms with E-state index >= 15 is 0 Å². The number of rotatable bonds is 10. The van der Waals surface area contributed by atoms with Crippen LogP contribution in [-0.4, -0.2) is 53.5 Å². The number of benzene rings is 2. The number of amides is 4. The fourth-order valence-electron chi connectivity index (χ4n) is 4.91. The third kappa shape index (κ3) is 11.4. The minimum atomic E-state index is -0.780. The number of hydrogen-bond acceptors (Lipinski definition) is 3. The zero-order chi connectivity index (χ0) is 29.8. The van der Waals surface area contributed by atoms with E-state index in [1.807, 2.05) is 88.1 Å². The van der Waals surface area contributed by atoms with E-state index in [0.29, 0.717) is 25.9 Å². The molecule has 3 N–H and O–H groups in total. The van der Waals surface area contributed by atoms with E-state index in [-0.39, 0.29) is 23.8 Å². The third-order valence-corrected chi connectivity index (χ3v) is 7.03. The lowest BCUT2D eigenvalue weighted by molar-refractivity contribution is -0.130. The van der Waals surface area contributed by atoms with Gasteiger partial charge in [-0.25, -0.2) is 4.79 Å². The molecule has 1 fully saturated rings. The molecular formula is C34H48N4O3. The summed E-state index contributed by atoms with van der Waals surface area (Å²) in [5.74, 6) is -0.395. The van der Waals surface area contributed by atoms with Crippen molar-refractivity contribution < 1.29 is 14.4 Å². The van der Waals surface area contributed by atoms with Gasteiger partial charge in [0.05, 0.1) is 0 Å². The van der Waals surface area contributed by atoms with Gasteiger partial charge in [-0.15, -0.1) is 0 Å². The molecule has 1 saturated heterocycles. The Bertz CT molecular complexity index is 1140. The maximum absolute atomic E-state index is 13.6. The molecule has 7 nitrogen and oxygen atoms in total. The van der Waals surface area contributed by atoms with Crippen molar-refractivity contribution in [3.8, 4) is 0 Å². The zero-order valence-corrected chi connectivity index (χ0v) is 25.4. The van der Waals surface area contributed by atoms with Gasteiger partial charge < -0.3 is 20.9 Å². The lowest BCUT2D eigenvalue weighted by Gasteiger charge is -2.29. The van der Waals surface area contributed by atoms with Crippen LogP contribution in [0.15, 0.2) is 54.6 Å². The molecule has 0 radical (unpaired) electrons. The molecule has 0 spiro atoms. The second kappa shape index (κ2) is 15.4. The first-order chi connectivity index (χ1) is 19.5. The highest BCUT2D eigenvalue weighted by atomic mass is 16.2. The van der Waals surface area contributed by atoms with Crippen LogP contribution in [0.1, 0.15) is 83.4 Å². The van der Waals surface area contributed by atoms with Crippen molar-refractivity contribution in [3.05, 3.63) is 71.3 Å². The summed E-state index contributed by atoms with van der Waals surface area (Å²) in [5.41, 5.74) is 2.65. The minimum absolute atomic E-state index is 0.188. The normalized spacial score (nSPS) is 15.7. The maximum atomic E-state index is 13.6. The van der Waals surface area contributed by atoms with Gasteiger partial charge >= 0.3 is 6.03 Å². The van der Waals surface area contributed by atoms with Crippen LogP contribution >= 0.6 is 0 Å². The Hall–Kier alpha value is -3.61. The predicted molar refractivity (Wildman–Crippen MR) is 167 cm³/mol. The topological polar surface area (TPSA) is 90.5 Å². The summed E-state index contributed by atoms with van der Waals surface area (Å²) in [4.78, 5) is 41.8. The Morgan fingerprint density at radius 2 is 1.37 bits per heavy atom. The number of hydrogen-bond donors (Lipinski definition) is 3. The number of urea groups is 1. The lowest BCUT2D eigenvalue weighted by atomic mass is 9.99.